The minimum Gasteiger partial charge on any atom is -0.381 e. The molecule has 1 N–H and O–H groups in total. The van der Waals surface area contributed by atoms with Gasteiger partial charge in [0.15, 0.2) is 0 Å². The third kappa shape index (κ3) is 2.53. The molecule has 0 saturated heterocycles. The summed E-state index contributed by atoms with van der Waals surface area (Å²) in [4.78, 5) is 4.35. The first-order chi connectivity index (χ1) is 12.4. The van der Waals surface area contributed by atoms with Crippen LogP contribution in [0.4, 0.5) is 5.69 Å². The van der Waals surface area contributed by atoms with Crippen molar-refractivity contribution in [3.05, 3.63) is 83.9 Å². The first-order valence-corrected chi connectivity index (χ1v) is 9.23. The minimum atomic E-state index is 0.798. The van der Waals surface area contributed by atoms with E-state index in [2.05, 4.69) is 83.1 Å². The molecule has 25 heavy (non-hydrogen) atoms. The molecule has 0 atom stereocenters. The smallest absolute Gasteiger partial charge is 0.0813 e. The predicted octanol–water partition coefficient (Wildman–Crippen LogP) is 6.21. The number of fused-ring (bicyclic) bond motifs is 3. The molecule has 0 aliphatic heterocycles. The zero-order valence-corrected chi connectivity index (χ0v) is 14.4. The maximum Gasteiger partial charge on any atom is 0.0813 e. The van der Waals surface area contributed by atoms with Gasteiger partial charge in [0.1, 0.15) is 0 Å². The lowest BCUT2D eigenvalue weighted by Crippen LogP contribution is -2.01. The minimum absolute atomic E-state index is 0.798. The summed E-state index contributed by atoms with van der Waals surface area (Å²) >= 11 is 1.68. The van der Waals surface area contributed by atoms with Gasteiger partial charge in [-0.3, -0.25) is 0 Å². The summed E-state index contributed by atoms with van der Waals surface area (Å²) in [5, 5.41) is 8.81. The van der Waals surface area contributed by atoms with Crippen molar-refractivity contribution in [2.24, 2.45) is 0 Å². The Morgan fingerprint density at radius 3 is 2.28 bits per heavy atom. The number of nitrogens with one attached hydrogen (secondary N) is 1. The van der Waals surface area contributed by atoms with Gasteiger partial charge < -0.3 is 5.32 Å². The van der Waals surface area contributed by atoms with Crippen LogP contribution in [0.5, 0.6) is 0 Å². The first kappa shape index (κ1) is 14.4. The van der Waals surface area contributed by atoms with Gasteiger partial charge >= 0.3 is 0 Å². The van der Waals surface area contributed by atoms with Crippen LogP contribution in [0.25, 0.3) is 31.8 Å². The van der Waals surface area contributed by atoms with Crippen LogP contribution in [0, 0.1) is 0 Å². The number of benzene rings is 4. The molecule has 0 bridgehead atoms. The highest BCUT2D eigenvalue weighted by atomic mass is 32.1. The number of rotatable bonds is 3. The summed E-state index contributed by atoms with van der Waals surface area (Å²) in [7, 11) is 0. The molecule has 5 rings (SSSR count). The fourth-order valence-electron chi connectivity index (χ4n) is 3.45. The van der Waals surface area contributed by atoms with Gasteiger partial charge in [0.05, 0.1) is 15.7 Å². The van der Waals surface area contributed by atoms with Gasteiger partial charge in [-0.05, 0) is 51.4 Å². The van der Waals surface area contributed by atoms with E-state index in [0.29, 0.717) is 0 Å². The molecule has 0 aliphatic carbocycles. The lowest BCUT2D eigenvalue weighted by Gasteiger charge is -2.13. The SMILES string of the molecule is c1ccc2c(CNc3ccc4ncsc4c3)c3ccccc3cc2c1. The van der Waals surface area contributed by atoms with E-state index in [-0.39, 0.29) is 0 Å². The Kier molecular flexibility index (Phi) is 3.39. The zero-order chi connectivity index (χ0) is 16.6. The molecule has 0 fully saturated rings. The highest BCUT2D eigenvalue weighted by Crippen LogP contribution is 2.29. The fourth-order valence-corrected chi connectivity index (χ4v) is 4.17. The van der Waals surface area contributed by atoms with Crippen molar-refractivity contribution in [2.75, 3.05) is 5.32 Å². The fraction of sp³-hybridized carbons (Fsp3) is 0.0455. The number of nitrogens with zero attached hydrogens (tertiary/aromatic N) is 1. The predicted molar refractivity (Wildman–Crippen MR) is 108 cm³/mol. The van der Waals surface area contributed by atoms with Crippen LogP contribution in [0.3, 0.4) is 0 Å². The molecule has 0 amide bonds. The van der Waals surface area contributed by atoms with E-state index in [4.69, 9.17) is 0 Å². The molecule has 5 aromatic rings. The quantitative estimate of drug-likeness (QED) is 0.395. The standard InChI is InChI=1S/C22H16N2S/c1-3-7-18-15(5-1)11-16-6-2-4-8-19(16)20(18)13-23-17-9-10-21-22(12-17)25-14-24-21/h1-12,14,23H,13H2. The highest BCUT2D eigenvalue weighted by molar-refractivity contribution is 7.16. The maximum atomic E-state index is 4.35. The van der Waals surface area contributed by atoms with E-state index in [1.165, 1.54) is 31.8 Å². The lowest BCUT2D eigenvalue weighted by atomic mass is 9.97. The van der Waals surface area contributed by atoms with Crippen LogP contribution >= 0.6 is 11.3 Å². The Labute approximate surface area is 149 Å². The lowest BCUT2D eigenvalue weighted by molar-refractivity contribution is 1.19. The molecule has 0 unspecified atom stereocenters. The van der Waals surface area contributed by atoms with E-state index < -0.39 is 0 Å². The molecular weight excluding hydrogens is 324 g/mol. The number of hydrogen-bond donors (Lipinski definition) is 1. The van der Waals surface area contributed by atoms with Crippen molar-refractivity contribution >= 4 is 48.8 Å². The Hall–Kier alpha value is -2.91. The van der Waals surface area contributed by atoms with Gasteiger partial charge in [-0.15, -0.1) is 11.3 Å². The van der Waals surface area contributed by atoms with Crippen LogP contribution in [-0.4, -0.2) is 4.98 Å². The number of aromatic nitrogens is 1. The van der Waals surface area contributed by atoms with Crippen molar-refractivity contribution in [1.82, 2.24) is 4.98 Å². The second kappa shape index (κ2) is 5.87. The Bertz CT molecular complexity index is 1150. The molecule has 4 aromatic carbocycles. The third-order valence-electron chi connectivity index (χ3n) is 4.68. The van der Waals surface area contributed by atoms with Crippen LogP contribution in [0.2, 0.25) is 0 Å². The first-order valence-electron chi connectivity index (χ1n) is 8.35. The van der Waals surface area contributed by atoms with E-state index in [0.717, 1.165) is 17.7 Å². The van der Waals surface area contributed by atoms with Crippen LogP contribution < -0.4 is 5.32 Å². The normalized spacial score (nSPS) is 11.4. The second-order valence-corrected chi connectivity index (χ2v) is 7.07. The van der Waals surface area contributed by atoms with Gasteiger partial charge in [-0.1, -0.05) is 48.5 Å². The largest absolute Gasteiger partial charge is 0.381 e. The molecule has 2 nitrogen and oxygen atoms in total. The topological polar surface area (TPSA) is 24.9 Å². The summed E-state index contributed by atoms with van der Waals surface area (Å²) in [5.74, 6) is 0. The van der Waals surface area contributed by atoms with Crippen molar-refractivity contribution in [3.8, 4) is 0 Å². The van der Waals surface area contributed by atoms with E-state index >= 15 is 0 Å². The summed E-state index contributed by atoms with van der Waals surface area (Å²) in [6.07, 6.45) is 0. The van der Waals surface area contributed by atoms with Gasteiger partial charge in [0.25, 0.3) is 0 Å². The van der Waals surface area contributed by atoms with Crippen LogP contribution in [-0.2, 0) is 6.54 Å². The van der Waals surface area contributed by atoms with Crippen LogP contribution in [0.15, 0.2) is 78.3 Å². The second-order valence-electron chi connectivity index (χ2n) is 6.19. The molecule has 120 valence electrons. The molecule has 1 heterocycles. The summed E-state index contributed by atoms with van der Waals surface area (Å²) < 4.78 is 1.22. The zero-order valence-electron chi connectivity index (χ0n) is 13.6. The molecule has 0 saturated carbocycles. The van der Waals surface area contributed by atoms with Crippen LogP contribution in [0.1, 0.15) is 5.56 Å². The number of anilines is 1. The van der Waals surface area contributed by atoms with Gasteiger partial charge in [0, 0.05) is 12.2 Å². The molecule has 0 aliphatic rings. The Balaban J connectivity index is 1.60. The Morgan fingerprint density at radius 2 is 1.52 bits per heavy atom. The number of thiazole rings is 1. The van der Waals surface area contributed by atoms with Gasteiger partial charge in [-0.25, -0.2) is 4.98 Å². The number of hydrogen-bond acceptors (Lipinski definition) is 3. The summed E-state index contributed by atoms with van der Waals surface area (Å²) in [6.45, 7) is 0.798. The summed E-state index contributed by atoms with van der Waals surface area (Å²) in [6, 6.07) is 25.9. The molecule has 0 radical (unpaired) electrons. The van der Waals surface area contributed by atoms with Gasteiger partial charge in [0.2, 0.25) is 0 Å². The molecule has 1 aromatic heterocycles. The van der Waals surface area contributed by atoms with Crippen molar-refractivity contribution in [1.29, 1.82) is 0 Å². The van der Waals surface area contributed by atoms with Gasteiger partial charge in [-0.2, -0.15) is 0 Å². The van der Waals surface area contributed by atoms with E-state index in [9.17, 15) is 0 Å². The van der Waals surface area contributed by atoms with Crippen molar-refractivity contribution < 1.29 is 0 Å². The van der Waals surface area contributed by atoms with Crippen molar-refractivity contribution in [3.63, 3.8) is 0 Å². The average molecular weight is 340 g/mol. The maximum absolute atomic E-state index is 4.35. The third-order valence-corrected chi connectivity index (χ3v) is 5.48. The average Bonchev–Trinajstić information content (AvgIpc) is 3.13. The monoisotopic (exact) mass is 340 g/mol. The summed E-state index contributed by atoms with van der Waals surface area (Å²) in [5.41, 5.74) is 5.44. The highest BCUT2D eigenvalue weighted by Gasteiger charge is 2.07. The molecule has 0 spiro atoms. The molecule has 3 heteroatoms. The molecular formula is C22H16N2S. The van der Waals surface area contributed by atoms with E-state index in [1.807, 2.05) is 5.51 Å². The van der Waals surface area contributed by atoms with Crippen molar-refractivity contribution in [2.45, 2.75) is 6.54 Å². The Morgan fingerprint density at radius 1 is 0.800 bits per heavy atom. The van der Waals surface area contributed by atoms with E-state index in [1.54, 1.807) is 11.3 Å².